The van der Waals surface area contributed by atoms with Crippen LogP contribution in [0.5, 0.6) is 5.75 Å². The summed E-state index contributed by atoms with van der Waals surface area (Å²) in [6.07, 6.45) is 1.09. The van der Waals surface area contributed by atoms with Crippen LogP contribution < -0.4 is 10.5 Å². The van der Waals surface area contributed by atoms with Gasteiger partial charge < -0.3 is 15.6 Å². The minimum absolute atomic E-state index is 0.175. The van der Waals surface area contributed by atoms with Crippen LogP contribution in [0.15, 0.2) is 30.5 Å². The van der Waals surface area contributed by atoms with Crippen molar-refractivity contribution in [3.05, 3.63) is 41.7 Å². The zero-order chi connectivity index (χ0) is 14.7. The van der Waals surface area contributed by atoms with E-state index in [1.807, 2.05) is 6.92 Å². The molecule has 7 nitrogen and oxygen atoms in total. The number of nitrogens with two attached hydrogens (primary N) is 1. The molecule has 1 heterocycles. The van der Waals surface area contributed by atoms with E-state index in [2.05, 4.69) is 5.10 Å². The SMILES string of the molecule is CCOc1cccc(-n2ncc(C(=O)O)c2C(N)=O)c1. The highest BCUT2D eigenvalue weighted by Crippen LogP contribution is 2.19. The largest absolute Gasteiger partial charge is 0.494 e. The number of aromatic nitrogens is 2. The maximum Gasteiger partial charge on any atom is 0.339 e. The maximum atomic E-state index is 11.5. The van der Waals surface area contributed by atoms with E-state index in [0.29, 0.717) is 18.0 Å². The quantitative estimate of drug-likeness (QED) is 0.848. The van der Waals surface area contributed by atoms with E-state index in [-0.39, 0.29) is 11.3 Å². The summed E-state index contributed by atoms with van der Waals surface area (Å²) in [5, 5.41) is 12.9. The lowest BCUT2D eigenvalue weighted by Gasteiger charge is -2.08. The summed E-state index contributed by atoms with van der Waals surface area (Å²) >= 11 is 0. The Balaban J connectivity index is 2.55. The molecule has 0 saturated heterocycles. The lowest BCUT2D eigenvalue weighted by Crippen LogP contribution is -2.20. The van der Waals surface area contributed by atoms with Gasteiger partial charge in [0, 0.05) is 6.07 Å². The van der Waals surface area contributed by atoms with Gasteiger partial charge in [0.25, 0.3) is 5.91 Å². The van der Waals surface area contributed by atoms with Gasteiger partial charge in [0.15, 0.2) is 0 Å². The smallest absolute Gasteiger partial charge is 0.339 e. The maximum absolute atomic E-state index is 11.5. The van der Waals surface area contributed by atoms with E-state index >= 15 is 0 Å². The van der Waals surface area contributed by atoms with Crippen molar-refractivity contribution in [2.75, 3.05) is 6.61 Å². The minimum atomic E-state index is -1.26. The second-order valence-corrected chi connectivity index (χ2v) is 3.92. The first-order valence-corrected chi connectivity index (χ1v) is 5.89. The second-order valence-electron chi connectivity index (χ2n) is 3.92. The number of benzene rings is 1. The third-order valence-corrected chi connectivity index (χ3v) is 2.61. The number of primary amides is 1. The fraction of sp³-hybridized carbons (Fsp3) is 0.154. The van der Waals surface area contributed by atoms with Crippen LogP contribution in [0.2, 0.25) is 0 Å². The summed E-state index contributed by atoms with van der Waals surface area (Å²) in [6.45, 7) is 2.34. The van der Waals surface area contributed by atoms with Crippen LogP contribution in [0.4, 0.5) is 0 Å². The number of nitrogens with zero attached hydrogens (tertiary/aromatic N) is 2. The van der Waals surface area contributed by atoms with Crippen LogP contribution >= 0.6 is 0 Å². The van der Waals surface area contributed by atoms with Gasteiger partial charge >= 0.3 is 5.97 Å². The van der Waals surface area contributed by atoms with Crippen LogP contribution in [0, 0.1) is 0 Å². The number of hydrogen-bond acceptors (Lipinski definition) is 4. The fourth-order valence-corrected chi connectivity index (χ4v) is 1.81. The number of carbonyl (C=O) groups is 2. The Morgan fingerprint density at radius 1 is 1.45 bits per heavy atom. The zero-order valence-corrected chi connectivity index (χ0v) is 10.7. The van der Waals surface area contributed by atoms with E-state index in [1.54, 1.807) is 24.3 Å². The number of amides is 1. The Morgan fingerprint density at radius 3 is 2.80 bits per heavy atom. The van der Waals surface area contributed by atoms with Crippen LogP contribution in [0.25, 0.3) is 5.69 Å². The van der Waals surface area contributed by atoms with Crippen molar-refractivity contribution in [2.24, 2.45) is 5.73 Å². The molecular formula is C13H13N3O4. The molecule has 0 fully saturated rings. The zero-order valence-electron chi connectivity index (χ0n) is 10.7. The van der Waals surface area contributed by atoms with Crippen molar-refractivity contribution in [1.82, 2.24) is 9.78 Å². The van der Waals surface area contributed by atoms with E-state index in [4.69, 9.17) is 15.6 Å². The monoisotopic (exact) mass is 275 g/mol. The average Bonchev–Trinajstić information content (AvgIpc) is 2.84. The predicted molar refractivity (Wildman–Crippen MR) is 70.2 cm³/mol. The predicted octanol–water partition coefficient (Wildman–Crippen LogP) is 1.07. The van der Waals surface area contributed by atoms with E-state index in [0.717, 1.165) is 6.20 Å². The van der Waals surface area contributed by atoms with Gasteiger partial charge in [0.1, 0.15) is 17.0 Å². The Bertz CT molecular complexity index is 663. The molecule has 2 aromatic rings. The summed E-state index contributed by atoms with van der Waals surface area (Å²) < 4.78 is 6.54. The van der Waals surface area contributed by atoms with Gasteiger partial charge in [-0.3, -0.25) is 4.79 Å². The topological polar surface area (TPSA) is 107 Å². The Kier molecular flexibility index (Phi) is 3.69. The number of ether oxygens (including phenoxy) is 1. The van der Waals surface area contributed by atoms with Gasteiger partial charge in [-0.2, -0.15) is 5.10 Å². The van der Waals surface area contributed by atoms with Gasteiger partial charge in [-0.15, -0.1) is 0 Å². The van der Waals surface area contributed by atoms with Crippen LogP contribution in [-0.2, 0) is 0 Å². The molecule has 1 aromatic heterocycles. The normalized spacial score (nSPS) is 10.2. The number of aromatic carboxylic acids is 1. The molecule has 0 saturated carbocycles. The number of carbonyl (C=O) groups excluding carboxylic acids is 1. The van der Waals surface area contributed by atoms with Crippen LogP contribution in [0.1, 0.15) is 27.8 Å². The average molecular weight is 275 g/mol. The Morgan fingerprint density at radius 2 is 2.20 bits per heavy atom. The van der Waals surface area contributed by atoms with Gasteiger partial charge in [-0.25, -0.2) is 9.48 Å². The molecule has 2 rings (SSSR count). The summed E-state index contributed by atoms with van der Waals surface area (Å²) in [7, 11) is 0. The fourth-order valence-electron chi connectivity index (χ4n) is 1.81. The van der Waals surface area contributed by atoms with E-state index < -0.39 is 11.9 Å². The van der Waals surface area contributed by atoms with Crippen molar-refractivity contribution in [3.8, 4) is 11.4 Å². The molecule has 0 spiro atoms. The highest BCUT2D eigenvalue weighted by Gasteiger charge is 2.22. The molecule has 3 N–H and O–H groups in total. The van der Waals surface area contributed by atoms with Gasteiger partial charge in [0.05, 0.1) is 18.5 Å². The Labute approximate surface area is 114 Å². The first kappa shape index (κ1) is 13.6. The van der Waals surface area contributed by atoms with Gasteiger partial charge in [0.2, 0.25) is 0 Å². The lowest BCUT2D eigenvalue weighted by molar-refractivity contribution is 0.0692. The second kappa shape index (κ2) is 5.43. The number of rotatable bonds is 5. The molecule has 0 aliphatic carbocycles. The molecule has 0 radical (unpaired) electrons. The van der Waals surface area contributed by atoms with Crippen molar-refractivity contribution < 1.29 is 19.4 Å². The van der Waals surface area contributed by atoms with Crippen molar-refractivity contribution in [1.29, 1.82) is 0 Å². The molecule has 20 heavy (non-hydrogen) atoms. The van der Waals surface area contributed by atoms with Crippen molar-refractivity contribution in [3.63, 3.8) is 0 Å². The summed E-state index contributed by atoms with van der Waals surface area (Å²) in [6, 6.07) is 6.79. The Hall–Kier alpha value is -2.83. The van der Waals surface area contributed by atoms with Gasteiger partial charge in [-0.05, 0) is 19.1 Å². The summed E-state index contributed by atoms with van der Waals surface area (Å²) in [5.74, 6) is -1.53. The third kappa shape index (κ3) is 2.46. The molecule has 0 aliphatic heterocycles. The van der Waals surface area contributed by atoms with Crippen LogP contribution in [-0.4, -0.2) is 33.4 Å². The molecule has 1 aromatic carbocycles. The van der Waals surface area contributed by atoms with E-state index in [1.165, 1.54) is 4.68 Å². The first-order valence-electron chi connectivity index (χ1n) is 5.89. The lowest BCUT2D eigenvalue weighted by atomic mass is 10.2. The molecule has 0 unspecified atom stereocenters. The number of carboxylic acid groups (broad SMARTS) is 1. The van der Waals surface area contributed by atoms with Crippen molar-refractivity contribution in [2.45, 2.75) is 6.92 Å². The van der Waals surface area contributed by atoms with Gasteiger partial charge in [-0.1, -0.05) is 6.07 Å². The standard InChI is InChI=1S/C13H13N3O4/c1-2-20-9-5-3-4-8(6-9)16-11(12(14)17)10(7-15-16)13(18)19/h3-7H,2H2,1H3,(H2,14,17)(H,18,19). The highest BCUT2D eigenvalue weighted by molar-refractivity contribution is 6.03. The van der Waals surface area contributed by atoms with E-state index in [9.17, 15) is 9.59 Å². The molecule has 104 valence electrons. The molecular weight excluding hydrogens is 262 g/mol. The van der Waals surface area contributed by atoms with Crippen LogP contribution in [0.3, 0.4) is 0 Å². The third-order valence-electron chi connectivity index (χ3n) is 2.61. The molecule has 7 heteroatoms. The number of hydrogen-bond donors (Lipinski definition) is 2. The molecule has 0 aliphatic rings. The molecule has 0 bridgehead atoms. The first-order chi connectivity index (χ1) is 9.54. The molecule has 0 atom stereocenters. The summed E-state index contributed by atoms with van der Waals surface area (Å²) in [5.41, 5.74) is 5.32. The molecule has 1 amide bonds. The van der Waals surface area contributed by atoms with Crippen molar-refractivity contribution >= 4 is 11.9 Å². The summed E-state index contributed by atoms with van der Waals surface area (Å²) in [4.78, 5) is 22.5. The minimum Gasteiger partial charge on any atom is -0.494 e. The number of carboxylic acids is 1. The highest BCUT2D eigenvalue weighted by atomic mass is 16.5.